The largest absolute Gasteiger partial charge is 0.370 e. The van der Waals surface area contributed by atoms with E-state index < -0.39 is 0 Å². The lowest BCUT2D eigenvalue weighted by atomic mass is 9.91. The summed E-state index contributed by atoms with van der Waals surface area (Å²) in [5.74, 6) is 1.30. The van der Waals surface area contributed by atoms with Gasteiger partial charge in [-0.1, -0.05) is 38.2 Å². The molecule has 0 bridgehead atoms. The molecule has 0 radical (unpaired) electrons. The van der Waals surface area contributed by atoms with Gasteiger partial charge in [-0.3, -0.25) is 9.98 Å². The van der Waals surface area contributed by atoms with Gasteiger partial charge >= 0.3 is 0 Å². The van der Waals surface area contributed by atoms with Gasteiger partial charge in [-0.05, 0) is 30.9 Å². The van der Waals surface area contributed by atoms with Gasteiger partial charge in [0.15, 0.2) is 5.96 Å². The van der Waals surface area contributed by atoms with Crippen LogP contribution in [0, 0.1) is 5.92 Å². The van der Waals surface area contributed by atoms with Crippen molar-refractivity contribution in [1.82, 2.24) is 10.3 Å². The molecule has 0 atom stereocenters. The Morgan fingerprint density at radius 2 is 1.95 bits per heavy atom. The van der Waals surface area contributed by atoms with Gasteiger partial charge < -0.3 is 11.1 Å². The van der Waals surface area contributed by atoms with E-state index in [1.165, 1.54) is 44.9 Å². The second kappa shape index (κ2) is 9.37. The number of aromatic nitrogens is 1. The van der Waals surface area contributed by atoms with Gasteiger partial charge in [-0.2, -0.15) is 0 Å². The average Bonchev–Trinajstić information content (AvgIpc) is 2.47. The molecule has 1 fully saturated rings. The van der Waals surface area contributed by atoms with Crippen LogP contribution in [-0.2, 0) is 6.42 Å². The summed E-state index contributed by atoms with van der Waals surface area (Å²) < 4.78 is 0. The van der Waals surface area contributed by atoms with Crippen LogP contribution in [0.25, 0.3) is 0 Å². The number of guanidine groups is 1. The molecule has 0 aliphatic heterocycles. The zero-order valence-electron chi connectivity index (χ0n) is 12.9. The molecule has 1 saturated carbocycles. The smallest absolute Gasteiger partial charge is 0.188 e. The molecule has 4 nitrogen and oxygen atoms in total. The Labute approximate surface area is 128 Å². The maximum absolute atomic E-state index is 5.94. The molecule has 4 heteroatoms. The molecule has 1 heterocycles. The fraction of sp³-hybridized carbons (Fsp3) is 0.647. The third-order valence-corrected chi connectivity index (χ3v) is 4.16. The molecular weight excluding hydrogens is 260 g/mol. The molecule has 1 aliphatic rings. The van der Waals surface area contributed by atoms with E-state index in [9.17, 15) is 0 Å². The minimum Gasteiger partial charge on any atom is -0.370 e. The van der Waals surface area contributed by atoms with Crippen molar-refractivity contribution < 1.29 is 0 Å². The van der Waals surface area contributed by atoms with Gasteiger partial charge in [0.1, 0.15) is 0 Å². The summed E-state index contributed by atoms with van der Waals surface area (Å²) in [5.41, 5.74) is 7.02. The number of nitrogens with one attached hydrogen (secondary N) is 1. The fourth-order valence-corrected chi connectivity index (χ4v) is 2.87. The SMILES string of the molecule is NC(=NCC1CCCCCCC1)NCCc1ccccn1. The predicted molar refractivity (Wildman–Crippen MR) is 88.2 cm³/mol. The summed E-state index contributed by atoms with van der Waals surface area (Å²) in [6, 6.07) is 5.97. The average molecular weight is 288 g/mol. The third kappa shape index (κ3) is 6.61. The Hall–Kier alpha value is -1.58. The van der Waals surface area contributed by atoms with Crippen molar-refractivity contribution in [3.63, 3.8) is 0 Å². The molecule has 1 aromatic heterocycles. The van der Waals surface area contributed by atoms with Crippen molar-refractivity contribution in [3.8, 4) is 0 Å². The molecule has 0 spiro atoms. The van der Waals surface area contributed by atoms with Crippen molar-refractivity contribution in [1.29, 1.82) is 0 Å². The zero-order valence-corrected chi connectivity index (χ0v) is 12.9. The Morgan fingerprint density at radius 3 is 2.67 bits per heavy atom. The quantitative estimate of drug-likeness (QED) is 0.647. The molecule has 0 unspecified atom stereocenters. The van der Waals surface area contributed by atoms with Crippen LogP contribution in [0.2, 0.25) is 0 Å². The first-order valence-corrected chi connectivity index (χ1v) is 8.28. The Morgan fingerprint density at radius 1 is 1.19 bits per heavy atom. The minimum absolute atomic E-state index is 0.577. The number of nitrogens with two attached hydrogens (primary N) is 1. The van der Waals surface area contributed by atoms with Crippen LogP contribution in [0.5, 0.6) is 0 Å². The maximum Gasteiger partial charge on any atom is 0.188 e. The lowest BCUT2D eigenvalue weighted by Crippen LogP contribution is -2.33. The monoisotopic (exact) mass is 288 g/mol. The molecule has 0 aromatic carbocycles. The van der Waals surface area contributed by atoms with E-state index >= 15 is 0 Å². The minimum atomic E-state index is 0.577. The summed E-state index contributed by atoms with van der Waals surface area (Å²) in [7, 11) is 0. The van der Waals surface area contributed by atoms with Crippen molar-refractivity contribution in [2.24, 2.45) is 16.6 Å². The van der Waals surface area contributed by atoms with E-state index in [4.69, 9.17) is 5.73 Å². The predicted octanol–water partition coefficient (Wildman–Crippen LogP) is 2.89. The van der Waals surface area contributed by atoms with E-state index in [1.807, 2.05) is 24.4 Å². The lowest BCUT2D eigenvalue weighted by molar-refractivity contribution is 0.386. The highest BCUT2D eigenvalue weighted by Gasteiger charge is 2.10. The summed E-state index contributed by atoms with van der Waals surface area (Å²) in [6.07, 6.45) is 12.2. The summed E-state index contributed by atoms with van der Waals surface area (Å²) >= 11 is 0. The van der Waals surface area contributed by atoms with Gasteiger partial charge in [0, 0.05) is 31.4 Å². The highest BCUT2D eigenvalue weighted by Crippen LogP contribution is 2.22. The number of aliphatic imine (C=N–C) groups is 1. The first-order chi connectivity index (χ1) is 10.3. The summed E-state index contributed by atoms with van der Waals surface area (Å²) in [4.78, 5) is 8.81. The van der Waals surface area contributed by atoms with E-state index in [1.54, 1.807) is 0 Å². The molecule has 1 aliphatic carbocycles. The van der Waals surface area contributed by atoms with Crippen LogP contribution in [0.3, 0.4) is 0 Å². The Balaban J connectivity index is 1.66. The molecule has 1 aromatic rings. The highest BCUT2D eigenvalue weighted by molar-refractivity contribution is 5.77. The van der Waals surface area contributed by atoms with Crippen LogP contribution >= 0.6 is 0 Å². The topological polar surface area (TPSA) is 63.3 Å². The van der Waals surface area contributed by atoms with Gasteiger partial charge in [-0.25, -0.2) is 0 Å². The fourth-order valence-electron chi connectivity index (χ4n) is 2.87. The van der Waals surface area contributed by atoms with E-state index in [0.717, 1.165) is 31.1 Å². The van der Waals surface area contributed by atoms with Crippen molar-refractivity contribution >= 4 is 5.96 Å². The zero-order chi connectivity index (χ0) is 14.8. The van der Waals surface area contributed by atoms with Crippen molar-refractivity contribution in [2.75, 3.05) is 13.1 Å². The molecule has 2 rings (SSSR count). The normalized spacial score (nSPS) is 18.0. The number of rotatable bonds is 5. The number of nitrogens with zero attached hydrogens (tertiary/aromatic N) is 2. The third-order valence-electron chi connectivity index (χ3n) is 4.16. The number of hydrogen-bond acceptors (Lipinski definition) is 2. The van der Waals surface area contributed by atoms with E-state index in [2.05, 4.69) is 15.3 Å². The van der Waals surface area contributed by atoms with Crippen LogP contribution in [0.1, 0.15) is 50.6 Å². The highest BCUT2D eigenvalue weighted by atomic mass is 15.1. The van der Waals surface area contributed by atoms with Crippen molar-refractivity contribution in [3.05, 3.63) is 30.1 Å². The Kier molecular flexibility index (Phi) is 7.05. The summed E-state index contributed by atoms with van der Waals surface area (Å²) in [5, 5.41) is 3.19. The van der Waals surface area contributed by atoms with Crippen LogP contribution < -0.4 is 11.1 Å². The molecule has 0 saturated heterocycles. The number of pyridine rings is 1. The van der Waals surface area contributed by atoms with Crippen LogP contribution in [0.4, 0.5) is 0 Å². The lowest BCUT2D eigenvalue weighted by Gasteiger charge is -2.17. The van der Waals surface area contributed by atoms with Crippen LogP contribution in [0.15, 0.2) is 29.4 Å². The second-order valence-electron chi connectivity index (χ2n) is 5.93. The molecule has 116 valence electrons. The molecule has 3 N–H and O–H groups in total. The van der Waals surface area contributed by atoms with Crippen molar-refractivity contribution in [2.45, 2.75) is 51.4 Å². The first-order valence-electron chi connectivity index (χ1n) is 8.28. The standard InChI is InChI=1S/C17H28N4/c18-17(20-13-11-16-10-6-7-12-19-16)21-14-15-8-4-2-1-3-5-9-15/h6-7,10,12,15H,1-5,8-9,11,13-14H2,(H3,18,20,21). The van der Waals surface area contributed by atoms with E-state index in [-0.39, 0.29) is 0 Å². The van der Waals surface area contributed by atoms with Gasteiger partial charge in [-0.15, -0.1) is 0 Å². The number of hydrogen-bond donors (Lipinski definition) is 2. The second-order valence-corrected chi connectivity index (χ2v) is 5.93. The van der Waals surface area contributed by atoms with E-state index in [0.29, 0.717) is 5.96 Å². The van der Waals surface area contributed by atoms with Crippen LogP contribution in [-0.4, -0.2) is 24.0 Å². The molecule has 21 heavy (non-hydrogen) atoms. The van der Waals surface area contributed by atoms with Gasteiger partial charge in [0.2, 0.25) is 0 Å². The van der Waals surface area contributed by atoms with Gasteiger partial charge in [0.05, 0.1) is 0 Å². The molecule has 0 amide bonds. The maximum atomic E-state index is 5.94. The van der Waals surface area contributed by atoms with Gasteiger partial charge in [0.25, 0.3) is 0 Å². The molecular formula is C17H28N4. The Bertz CT molecular complexity index is 408. The first kappa shape index (κ1) is 15.8. The summed E-state index contributed by atoms with van der Waals surface area (Å²) in [6.45, 7) is 1.67.